The van der Waals surface area contributed by atoms with Crippen LogP contribution < -0.4 is 0 Å². The molecule has 0 N–H and O–H groups in total. The highest BCUT2D eigenvalue weighted by Crippen LogP contribution is 2.09. The molecule has 0 aromatic carbocycles. The van der Waals surface area contributed by atoms with Crippen LogP contribution in [-0.4, -0.2) is 25.2 Å². The van der Waals surface area contributed by atoms with Crippen molar-refractivity contribution in [3.63, 3.8) is 0 Å². The largest absolute Gasteiger partial charge is 0.466 e. The molecule has 0 saturated heterocycles. The van der Waals surface area contributed by atoms with Gasteiger partial charge in [-0.05, 0) is 33.1 Å². The summed E-state index contributed by atoms with van der Waals surface area (Å²) in [6.45, 7) is 7.94. The minimum atomic E-state index is -0.348. The number of esters is 2. The van der Waals surface area contributed by atoms with Crippen LogP contribution in [0, 0.1) is 0 Å². The Morgan fingerprint density at radius 3 is 2.12 bits per heavy atom. The van der Waals surface area contributed by atoms with Crippen LogP contribution in [0.3, 0.4) is 0 Å². The topological polar surface area (TPSA) is 52.6 Å². The first-order chi connectivity index (χ1) is 7.61. The number of rotatable bonds is 8. The zero-order chi connectivity index (χ0) is 12.4. The Morgan fingerprint density at radius 1 is 1.00 bits per heavy atom. The number of hydrogen-bond acceptors (Lipinski definition) is 4. The van der Waals surface area contributed by atoms with Gasteiger partial charge in [0, 0.05) is 12.0 Å². The Balaban J connectivity index is 3.55. The van der Waals surface area contributed by atoms with Crippen molar-refractivity contribution < 1.29 is 19.1 Å². The molecule has 4 heteroatoms. The molecule has 16 heavy (non-hydrogen) atoms. The summed E-state index contributed by atoms with van der Waals surface area (Å²) >= 11 is 0. The highest BCUT2D eigenvalue weighted by molar-refractivity contribution is 5.87. The van der Waals surface area contributed by atoms with Gasteiger partial charge in [-0.1, -0.05) is 6.58 Å². The zero-order valence-corrected chi connectivity index (χ0v) is 10.1. The van der Waals surface area contributed by atoms with Gasteiger partial charge >= 0.3 is 11.9 Å². The van der Waals surface area contributed by atoms with Gasteiger partial charge in [-0.2, -0.15) is 0 Å². The minimum Gasteiger partial charge on any atom is -0.466 e. The van der Waals surface area contributed by atoms with E-state index >= 15 is 0 Å². The van der Waals surface area contributed by atoms with Gasteiger partial charge in [-0.15, -0.1) is 0 Å². The third-order valence-electron chi connectivity index (χ3n) is 1.98. The van der Waals surface area contributed by atoms with Gasteiger partial charge in [0.25, 0.3) is 0 Å². The number of carbonyl (C=O) groups is 2. The summed E-state index contributed by atoms with van der Waals surface area (Å²) in [4.78, 5) is 22.1. The van der Waals surface area contributed by atoms with Gasteiger partial charge in [-0.3, -0.25) is 4.79 Å². The second-order valence-corrected chi connectivity index (χ2v) is 3.34. The number of ether oxygens (including phenoxy) is 2. The number of unbranched alkanes of at least 4 members (excludes halogenated alkanes) is 1. The van der Waals surface area contributed by atoms with Crippen molar-refractivity contribution in [2.75, 3.05) is 13.2 Å². The molecule has 0 aliphatic rings. The summed E-state index contributed by atoms with van der Waals surface area (Å²) in [6, 6.07) is 0. The molecule has 0 unspecified atom stereocenters. The van der Waals surface area contributed by atoms with Crippen LogP contribution in [0.15, 0.2) is 12.2 Å². The highest BCUT2D eigenvalue weighted by Gasteiger charge is 2.07. The molecular weight excluding hydrogens is 208 g/mol. The molecule has 92 valence electrons. The second kappa shape index (κ2) is 8.95. The third-order valence-corrected chi connectivity index (χ3v) is 1.98. The van der Waals surface area contributed by atoms with Crippen LogP contribution in [0.25, 0.3) is 0 Å². The molecule has 0 fully saturated rings. The Bertz CT molecular complexity index is 245. The molecule has 4 nitrogen and oxygen atoms in total. The van der Waals surface area contributed by atoms with Crippen molar-refractivity contribution in [2.45, 2.75) is 39.5 Å². The molecule has 0 amide bonds. The van der Waals surface area contributed by atoms with Crippen LogP contribution in [0.1, 0.15) is 39.5 Å². The maximum Gasteiger partial charge on any atom is 0.333 e. The summed E-state index contributed by atoms with van der Waals surface area (Å²) in [5.41, 5.74) is 0.464. The average molecular weight is 228 g/mol. The summed E-state index contributed by atoms with van der Waals surface area (Å²) < 4.78 is 9.57. The van der Waals surface area contributed by atoms with Gasteiger partial charge in [-0.25, -0.2) is 4.79 Å². The van der Waals surface area contributed by atoms with E-state index in [0.717, 1.165) is 6.42 Å². The molecule has 0 aromatic rings. The Morgan fingerprint density at radius 2 is 1.56 bits per heavy atom. The van der Waals surface area contributed by atoms with Gasteiger partial charge < -0.3 is 9.47 Å². The first kappa shape index (κ1) is 14.7. The third kappa shape index (κ3) is 7.04. The normalized spacial score (nSPS) is 9.62. The molecule has 0 heterocycles. The lowest BCUT2D eigenvalue weighted by Gasteiger charge is -2.05. The van der Waals surface area contributed by atoms with Crippen molar-refractivity contribution in [3.8, 4) is 0 Å². The van der Waals surface area contributed by atoms with Crippen LogP contribution >= 0.6 is 0 Å². The van der Waals surface area contributed by atoms with E-state index in [1.165, 1.54) is 0 Å². The van der Waals surface area contributed by atoms with Crippen molar-refractivity contribution in [2.24, 2.45) is 0 Å². The molecule has 0 bridgehead atoms. The number of hydrogen-bond donors (Lipinski definition) is 0. The van der Waals surface area contributed by atoms with Crippen molar-refractivity contribution in [1.82, 2.24) is 0 Å². The van der Waals surface area contributed by atoms with E-state index in [4.69, 9.17) is 9.47 Å². The Labute approximate surface area is 96.6 Å². The van der Waals surface area contributed by atoms with E-state index < -0.39 is 0 Å². The minimum absolute atomic E-state index is 0.191. The van der Waals surface area contributed by atoms with E-state index in [9.17, 15) is 9.59 Å². The van der Waals surface area contributed by atoms with Crippen LogP contribution in [-0.2, 0) is 19.1 Å². The molecule has 0 rings (SSSR count). The summed E-state index contributed by atoms with van der Waals surface area (Å²) in [5, 5.41) is 0. The molecule has 0 atom stereocenters. The average Bonchev–Trinajstić information content (AvgIpc) is 2.24. The maximum atomic E-state index is 11.2. The molecule has 0 aliphatic carbocycles. The molecule has 0 spiro atoms. The molecule has 0 aromatic heterocycles. The summed E-state index contributed by atoms with van der Waals surface area (Å²) in [7, 11) is 0. The molecule has 0 aliphatic heterocycles. The predicted molar refractivity (Wildman–Crippen MR) is 60.9 cm³/mol. The van der Waals surface area contributed by atoms with Crippen LogP contribution in [0.2, 0.25) is 0 Å². The molecular formula is C12H20O4. The van der Waals surface area contributed by atoms with E-state index in [1.807, 2.05) is 0 Å². The van der Waals surface area contributed by atoms with Gasteiger partial charge in [0.1, 0.15) is 0 Å². The van der Waals surface area contributed by atoms with Crippen LogP contribution in [0.4, 0.5) is 0 Å². The lowest BCUT2D eigenvalue weighted by molar-refractivity contribution is -0.143. The monoisotopic (exact) mass is 228 g/mol. The maximum absolute atomic E-state index is 11.2. The Kier molecular flexibility index (Phi) is 8.21. The quantitative estimate of drug-likeness (QED) is 0.363. The van der Waals surface area contributed by atoms with Crippen molar-refractivity contribution in [3.05, 3.63) is 12.2 Å². The van der Waals surface area contributed by atoms with E-state index in [0.29, 0.717) is 38.0 Å². The molecule has 0 saturated carbocycles. The fourth-order valence-electron chi connectivity index (χ4n) is 1.18. The lowest BCUT2D eigenvalue weighted by Crippen LogP contribution is -2.07. The molecule has 0 radical (unpaired) electrons. The predicted octanol–water partition coefficient (Wildman–Crippen LogP) is 2.23. The first-order valence-corrected chi connectivity index (χ1v) is 5.62. The smallest absolute Gasteiger partial charge is 0.333 e. The van der Waals surface area contributed by atoms with E-state index in [1.54, 1.807) is 13.8 Å². The van der Waals surface area contributed by atoms with Crippen molar-refractivity contribution >= 4 is 11.9 Å². The lowest BCUT2D eigenvalue weighted by atomic mass is 10.1. The van der Waals surface area contributed by atoms with Gasteiger partial charge in [0.15, 0.2) is 0 Å². The van der Waals surface area contributed by atoms with E-state index in [2.05, 4.69) is 6.58 Å². The van der Waals surface area contributed by atoms with E-state index in [-0.39, 0.29) is 11.9 Å². The fourth-order valence-corrected chi connectivity index (χ4v) is 1.18. The first-order valence-electron chi connectivity index (χ1n) is 5.62. The fraction of sp³-hybridized carbons (Fsp3) is 0.667. The number of carbonyl (C=O) groups excluding carboxylic acids is 2. The summed E-state index contributed by atoms with van der Waals surface area (Å²) in [5.74, 6) is -0.539. The standard InChI is InChI=1S/C12H20O4/c1-4-15-11(13)9-7-6-8-10(3)12(14)16-5-2/h3-9H2,1-2H3. The van der Waals surface area contributed by atoms with Gasteiger partial charge in [0.05, 0.1) is 13.2 Å². The summed E-state index contributed by atoms with van der Waals surface area (Å²) in [6.07, 6.45) is 2.41. The second-order valence-electron chi connectivity index (χ2n) is 3.34. The highest BCUT2D eigenvalue weighted by atomic mass is 16.5. The van der Waals surface area contributed by atoms with Crippen LogP contribution in [0.5, 0.6) is 0 Å². The van der Waals surface area contributed by atoms with Gasteiger partial charge in [0.2, 0.25) is 0 Å². The SMILES string of the molecule is C=C(CCCCC(=O)OCC)C(=O)OCC. The zero-order valence-electron chi connectivity index (χ0n) is 10.1. The Hall–Kier alpha value is -1.32. The van der Waals surface area contributed by atoms with Crippen molar-refractivity contribution in [1.29, 1.82) is 0 Å².